The summed E-state index contributed by atoms with van der Waals surface area (Å²) in [5, 5.41) is 3.33. The number of hydrogen-bond acceptors (Lipinski definition) is 5. The number of nitrogens with zero attached hydrogens (tertiary/aromatic N) is 1. The SMILES string of the molecule is CCC(CC)C12CC(CC(NC(=O)CC3CCCN(S(=O)(=O)c4ccc(OC)cc4OC)C3)C1)C2. The molecule has 3 aliphatic carbocycles. The summed E-state index contributed by atoms with van der Waals surface area (Å²) in [6.45, 7) is 5.40. The second kappa shape index (κ2) is 10.7. The Balaban J connectivity index is 1.36. The van der Waals surface area contributed by atoms with Crippen LogP contribution in [0, 0.1) is 23.2 Å². The zero-order chi connectivity index (χ0) is 25.2. The standard InChI is InChI=1S/C27H42N2O5S/c1-5-21(6-2)27-15-20(16-27)12-22(17-27)28-26(30)13-19-8-7-11-29(18-19)35(31,32)25-10-9-23(33-3)14-24(25)34-4/h9-10,14,19-22H,5-8,11-13,15-18H2,1-4H3,(H,28,30). The van der Waals surface area contributed by atoms with Crippen molar-refractivity contribution >= 4 is 15.9 Å². The van der Waals surface area contributed by atoms with E-state index in [0.29, 0.717) is 30.7 Å². The molecule has 4 aliphatic rings. The Labute approximate surface area is 211 Å². The Kier molecular flexibility index (Phi) is 8.01. The summed E-state index contributed by atoms with van der Waals surface area (Å²) < 4.78 is 38.9. The van der Waals surface area contributed by atoms with Gasteiger partial charge in [0, 0.05) is 31.6 Å². The molecule has 1 N–H and O–H groups in total. The summed E-state index contributed by atoms with van der Waals surface area (Å²) in [6.07, 6.45) is 9.28. The fourth-order valence-corrected chi connectivity index (χ4v) is 8.94. The van der Waals surface area contributed by atoms with Crippen molar-refractivity contribution < 1.29 is 22.7 Å². The van der Waals surface area contributed by atoms with Crippen LogP contribution in [0.25, 0.3) is 0 Å². The zero-order valence-electron chi connectivity index (χ0n) is 21.7. The zero-order valence-corrected chi connectivity index (χ0v) is 22.5. The van der Waals surface area contributed by atoms with Gasteiger partial charge in [0.1, 0.15) is 16.4 Å². The first-order valence-electron chi connectivity index (χ1n) is 13.3. The molecule has 0 aromatic heterocycles. The van der Waals surface area contributed by atoms with E-state index < -0.39 is 10.0 Å². The van der Waals surface area contributed by atoms with Gasteiger partial charge in [-0.2, -0.15) is 4.31 Å². The monoisotopic (exact) mass is 506 g/mol. The van der Waals surface area contributed by atoms with Crippen LogP contribution in [0.4, 0.5) is 0 Å². The Hall–Kier alpha value is -1.80. The van der Waals surface area contributed by atoms with Crippen molar-refractivity contribution in [3.63, 3.8) is 0 Å². The number of carbonyl (C=O) groups excluding carboxylic acids is 1. The number of ether oxygens (including phenoxy) is 2. The number of nitrogens with one attached hydrogen (secondary N) is 1. The summed E-state index contributed by atoms with van der Waals surface area (Å²) in [5.74, 6) is 2.41. The molecule has 3 saturated carbocycles. The summed E-state index contributed by atoms with van der Waals surface area (Å²) in [6, 6.07) is 5.02. The largest absolute Gasteiger partial charge is 0.497 e. The highest BCUT2D eigenvalue weighted by atomic mass is 32.2. The Morgan fingerprint density at radius 1 is 1.17 bits per heavy atom. The lowest BCUT2D eigenvalue weighted by atomic mass is 9.47. The highest BCUT2D eigenvalue weighted by molar-refractivity contribution is 7.89. The molecule has 2 atom stereocenters. The quantitative estimate of drug-likeness (QED) is 0.501. The molecule has 1 amide bonds. The molecule has 2 bridgehead atoms. The third-order valence-corrected chi connectivity index (χ3v) is 10.7. The number of methoxy groups -OCH3 is 2. The Morgan fingerprint density at radius 2 is 1.91 bits per heavy atom. The first kappa shape index (κ1) is 26.3. The van der Waals surface area contributed by atoms with Crippen molar-refractivity contribution in [3.8, 4) is 11.5 Å². The van der Waals surface area contributed by atoms with Crippen LogP contribution < -0.4 is 14.8 Å². The van der Waals surface area contributed by atoms with Crippen LogP contribution in [0.2, 0.25) is 0 Å². The van der Waals surface area contributed by atoms with Crippen LogP contribution in [0.5, 0.6) is 11.5 Å². The first-order valence-corrected chi connectivity index (χ1v) is 14.7. The predicted octanol–water partition coefficient (Wildman–Crippen LogP) is 4.61. The molecule has 1 saturated heterocycles. The molecule has 5 rings (SSSR count). The second-order valence-electron chi connectivity index (χ2n) is 10.9. The molecule has 196 valence electrons. The maximum absolute atomic E-state index is 13.4. The van der Waals surface area contributed by atoms with E-state index in [2.05, 4.69) is 19.2 Å². The molecule has 35 heavy (non-hydrogen) atoms. The fraction of sp³-hybridized carbons (Fsp3) is 0.741. The maximum Gasteiger partial charge on any atom is 0.246 e. The van der Waals surface area contributed by atoms with Gasteiger partial charge in [0.25, 0.3) is 0 Å². The third-order valence-electron chi connectivity index (χ3n) is 8.82. The van der Waals surface area contributed by atoms with Gasteiger partial charge in [-0.15, -0.1) is 0 Å². The molecule has 1 heterocycles. The smallest absolute Gasteiger partial charge is 0.246 e. The predicted molar refractivity (Wildman–Crippen MR) is 136 cm³/mol. The van der Waals surface area contributed by atoms with Gasteiger partial charge in [0.2, 0.25) is 15.9 Å². The van der Waals surface area contributed by atoms with Crippen LogP contribution in [-0.4, -0.2) is 52.0 Å². The number of carbonyl (C=O) groups is 1. The van der Waals surface area contributed by atoms with Crippen molar-refractivity contribution in [2.45, 2.75) is 82.6 Å². The van der Waals surface area contributed by atoms with E-state index in [9.17, 15) is 13.2 Å². The van der Waals surface area contributed by atoms with Crippen LogP contribution in [0.1, 0.15) is 71.6 Å². The summed E-state index contributed by atoms with van der Waals surface area (Å²) in [4.78, 5) is 13.1. The van der Waals surface area contributed by atoms with Gasteiger partial charge in [0.05, 0.1) is 14.2 Å². The van der Waals surface area contributed by atoms with E-state index in [0.717, 1.165) is 37.5 Å². The summed E-state index contributed by atoms with van der Waals surface area (Å²) >= 11 is 0. The Bertz CT molecular complexity index is 1000. The van der Waals surface area contributed by atoms with Gasteiger partial charge < -0.3 is 14.8 Å². The molecule has 2 unspecified atom stereocenters. The molecular formula is C27H42N2O5S. The molecule has 1 aromatic carbocycles. The molecule has 1 aromatic rings. The van der Waals surface area contributed by atoms with E-state index >= 15 is 0 Å². The van der Waals surface area contributed by atoms with E-state index in [1.54, 1.807) is 12.1 Å². The number of hydrogen-bond donors (Lipinski definition) is 1. The van der Waals surface area contributed by atoms with Gasteiger partial charge in [-0.25, -0.2) is 8.42 Å². The fourth-order valence-electron chi connectivity index (χ4n) is 7.25. The van der Waals surface area contributed by atoms with E-state index in [-0.39, 0.29) is 28.5 Å². The van der Waals surface area contributed by atoms with Crippen molar-refractivity contribution in [1.29, 1.82) is 0 Å². The summed E-state index contributed by atoms with van der Waals surface area (Å²) in [5.41, 5.74) is 0.428. The lowest BCUT2D eigenvalue weighted by Crippen LogP contribution is -2.55. The lowest BCUT2D eigenvalue weighted by molar-refractivity contribution is -0.126. The molecular weight excluding hydrogens is 464 g/mol. The van der Waals surface area contributed by atoms with Crippen molar-refractivity contribution in [1.82, 2.24) is 9.62 Å². The highest BCUT2D eigenvalue weighted by Crippen LogP contribution is 2.61. The average molecular weight is 507 g/mol. The van der Waals surface area contributed by atoms with E-state index in [4.69, 9.17) is 9.47 Å². The molecule has 1 aliphatic heterocycles. The number of amides is 1. The van der Waals surface area contributed by atoms with Gasteiger partial charge in [0.15, 0.2) is 0 Å². The van der Waals surface area contributed by atoms with E-state index in [1.165, 1.54) is 50.3 Å². The van der Waals surface area contributed by atoms with Crippen molar-refractivity contribution in [3.05, 3.63) is 18.2 Å². The lowest BCUT2D eigenvalue weighted by Gasteiger charge is -2.59. The van der Waals surface area contributed by atoms with Crippen LogP contribution in [0.15, 0.2) is 23.1 Å². The van der Waals surface area contributed by atoms with Gasteiger partial charge >= 0.3 is 0 Å². The van der Waals surface area contributed by atoms with Crippen LogP contribution in [-0.2, 0) is 14.8 Å². The Morgan fingerprint density at radius 3 is 2.57 bits per heavy atom. The number of rotatable bonds is 10. The van der Waals surface area contributed by atoms with Crippen LogP contribution >= 0.6 is 0 Å². The normalized spacial score (nSPS) is 28.9. The first-order chi connectivity index (χ1) is 16.7. The van der Waals surface area contributed by atoms with Gasteiger partial charge in [-0.1, -0.05) is 26.7 Å². The van der Waals surface area contributed by atoms with Gasteiger partial charge in [-0.3, -0.25) is 4.79 Å². The highest BCUT2D eigenvalue weighted by Gasteiger charge is 2.53. The molecule has 4 fully saturated rings. The average Bonchev–Trinajstić information content (AvgIpc) is 2.83. The number of piperidine rings is 1. The van der Waals surface area contributed by atoms with E-state index in [1.807, 2.05) is 0 Å². The summed E-state index contributed by atoms with van der Waals surface area (Å²) in [7, 11) is -0.738. The molecule has 0 spiro atoms. The second-order valence-corrected chi connectivity index (χ2v) is 12.9. The molecule has 7 nitrogen and oxygen atoms in total. The van der Waals surface area contributed by atoms with Crippen molar-refractivity contribution in [2.75, 3.05) is 27.3 Å². The van der Waals surface area contributed by atoms with Gasteiger partial charge in [-0.05, 0) is 73.8 Å². The number of sulfonamides is 1. The van der Waals surface area contributed by atoms with Crippen LogP contribution in [0.3, 0.4) is 0 Å². The number of benzene rings is 1. The number of fused-ring (bicyclic) bond motifs is 2. The van der Waals surface area contributed by atoms with Crippen molar-refractivity contribution in [2.24, 2.45) is 23.2 Å². The minimum absolute atomic E-state index is 0.0221. The minimum Gasteiger partial charge on any atom is -0.497 e. The molecule has 0 radical (unpaired) electrons. The molecule has 8 heteroatoms. The topological polar surface area (TPSA) is 84.9 Å². The minimum atomic E-state index is -3.73. The third kappa shape index (κ3) is 5.33. The maximum atomic E-state index is 13.4.